The molecule has 2 aromatic carbocycles. The van der Waals surface area contributed by atoms with Gasteiger partial charge in [-0.2, -0.15) is 0 Å². The van der Waals surface area contributed by atoms with E-state index < -0.39 is 0 Å². The summed E-state index contributed by atoms with van der Waals surface area (Å²) < 4.78 is 5.70. The first-order valence-electron chi connectivity index (χ1n) is 13.2. The Hall–Kier alpha value is -2.16. The average molecular weight is 455 g/mol. The van der Waals surface area contributed by atoms with Gasteiger partial charge >= 0.3 is 0 Å². The molecule has 0 radical (unpaired) electrons. The van der Waals surface area contributed by atoms with Crippen molar-refractivity contribution in [2.24, 2.45) is 0 Å². The van der Waals surface area contributed by atoms with Gasteiger partial charge in [-0.15, -0.1) is 0 Å². The van der Waals surface area contributed by atoms with Gasteiger partial charge in [0.05, 0.1) is 12.3 Å². The number of rotatable bonds is 14. The van der Waals surface area contributed by atoms with Crippen LogP contribution in [0.15, 0.2) is 48.5 Å². The van der Waals surface area contributed by atoms with Crippen molar-refractivity contribution >= 4 is 11.4 Å². The van der Waals surface area contributed by atoms with Crippen LogP contribution < -0.4 is 16.2 Å². The van der Waals surface area contributed by atoms with Gasteiger partial charge in [-0.1, -0.05) is 123 Å². The second kappa shape index (κ2) is 17.3. The normalized spacial score (nSPS) is 11.0. The van der Waals surface area contributed by atoms with Crippen LogP contribution in [0.2, 0.25) is 0 Å². The molecule has 0 bridgehead atoms. The first kappa shape index (κ1) is 28.9. The molecule has 3 nitrogen and oxygen atoms in total. The van der Waals surface area contributed by atoms with E-state index in [0.29, 0.717) is 0 Å². The van der Waals surface area contributed by atoms with Crippen molar-refractivity contribution in [3.8, 4) is 5.75 Å². The van der Waals surface area contributed by atoms with Gasteiger partial charge < -0.3 is 16.2 Å². The summed E-state index contributed by atoms with van der Waals surface area (Å²) >= 11 is 0. The third-order valence-electron chi connectivity index (χ3n) is 5.93. The molecule has 186 valence electrons. The fourth-order valence-corrected chi connectivity index (χ4v) is 3.74. The van der Waals surface area contributed by atoms with E-state index in [1.807, 2.05) is 42.5 Å². The zero-order valence-corrected chi connectivity index (χ0v) is 21.9. The van der Waals surface area contributed by atoms with Gasteiger partial charge in [0.2, 0.25) is 0 Å². The van der Waals surface area contributed by atoms with Crippen molar-refractivity contribution in [2.75, 3.05) is 18.1 Å². The molecule has 33 heavy (non-hydrogen) atoms. The van der Waals surface area contributed by atoms with E-state index in [0.717, 1.165) is 30.2 Å². The maximum atomic E-state index is 5.84. The minimum Gasteiger partial charge on any atom is -0.491 e. The van der Waals surface area contributed by atoms with E-state index in [-0.39, 0.29) is 5.41 Å². The van der Waals surface area contributed by atoms with Crippen molar-refractivity contribution in [1.29, 1.82) is 0 Å². The smallest absolute Gasteiger partial charge is 0.142 e. The Bertz CT molecular complexity index is 736. The van der Waals surface area contributed by atoms with Gasteiger partial charge in [-0.3, -0.25) is 0 Å². The van der Waals surface area contributed by atoms with Crippen molar-refractivity contribution in [3.05, 3.63) is 54.1 Å². The van der Waals surface area contributed by atoms with Crippen molar-refractivity contribution in [1.82, 2.24) is 0 Å². The standard InChI is InChI=1S/C20H35NO.C10H15N/c1-2-3-4-5-6-7-8-9-10-11-12-15-18-22-20-17-14-13-16-19(20)21;1-10(2,3)8-5-4-6-9(11)7-8/h13-14,16-17H,2-12,15,18,21H2,1H3;4-7H,11H2,1-3H3. The topological polar surface area (TPSA) is 61.3 Å². The minimum atomic E-state index is 0.204. The van der Waals surface area contributed by atoms with Crippen LogP contribution in [0.4, 0.5) is 11.4 Å². The molecule has 2 rings (SSSR count). The minimum absolute atomic E-state index is 0.204. The molecule has 0 saturated heterocycles. The number of para-hydroxylation sites is 2. The lowest BCUT2D eigenvalue weighted by Gasteiger charge is -2.18. The highest BCUT2D eigenvalue weighted by molar-refractivity contribution is 5.51. The highest BCUT2D eigenvalue weighted by atomic mass is 16.5. The highest BCUT2D eigenvalue weighted by Gasteiger charge is 2.12. The molecule has 2 aromatic rings. The van der Waals surface area contributed by atoms with E-state index in [1.165, 1.54) is 76.2 Å². The molecule has 4 N–H and O–H groups in total. The zero-order chi connectivity index (χ0) is 24.4. The number of anilines is 2. The largest absolute Gasteiger partial charge is 0.491 e. The number of nitrogens with two attached hydrogens (primary N) is 2. The van der Waals surface area contributed by atoms with Gasteiger partial charge in [0.25, 0.3) is 0 Å². The Morgan fingerprint density at radius 3 is 1.70 bits per heavy atom. The Labute approximate surface area is 204 Å². The zero-order valence-electron chi connectivity index (χ0n) is 21.9. The molecule has 3 heteroatoms. The number of benzene rings is 2. The van der Waals surface area contributed by atoms with Crippen LogP contribution in [0.1, 0.15) is 110 Å². The van der Waals surface area contributed by atoms with Crippen molar-refractivity contribution < 1.29 is 4.74 Å². The molecule has 0 amide bonds. The Kier molecular flexibility index (Phi) is 15.2. The quantitative estimate of drug-likeness (QED) is 0.221. The molecule has 0 spiro atoms. The van der Waals surface area contributed by atoms with E-state index in [4.69, 9.17) is 16.2 Å². The van der Waals surface area contributed by atoms with E-state index in [2.05, 4.69) is 33.8 Å². The summed E-state index contributed by atoms with van der Waals surface area (Å²) in [5.74, 6) is 0.825. The lowest BCUT2D eigenvalue weighted by atomic mass is 9.87. The number of unbranched alkanes of at least 4 members (excludes halogenated alkanes) is 11. The van der Waals surface area contributed by atoms with Crippen LogP contribution in [-0.4, -0.2) is 6.61 Å². The first-order chi connectivity index (χ1) is 15.8. The van der Waals surface area contributed by atoms with E-state index >= 15 is 0 Å². The van der Waals surface area contributed by atoms with E-state index in [9.17, 15) is 0 Å². The molecule has 0 aromatic heterocycles. The SMILES string of the molecule is CC(C)(C)c1cccc(N)c1.CCCCCCCCCCCCCCOc1ccccc1N. The fraction of sp³-hybridized carbons (Fsp3) is 0.600. The summed E-state index contributed by atoms with van der Waals surface area (Å²) in [6, 6.07) is 15.8. The van der Waals surface area contributed by atoms with Gasteiger partial charge in [0, 0.05) is 5.69 Å². The Morgan fingerprint density at radius 2 is 1.21 bits per heavy atom. The van der Waals surface area contributed by atoms with Gasteiger partial charge in [0.15, 0.2) is 0 Å². The molecular formula is C30H50N2O. The predicted octanol–water partition coefficient (Wildman–Crippen LogP) is 8.92. The third-order valence-corrected chi connectivity index (χ3v) is 5.93. The number of nitrogen functional groups attached to an aromatic ring is 2. The average Bonchev–Trinajstić information content (AvgIpc) is 2.78. The summed E-state index contributed by atoms with van der Waals surface area (Å²) in [7, 11) is 0. The van der Waals surface area contributed by atoms with Crippen LogP contribution >= 0.6 is 0 Å². The van der Waals surface area contributed by atoms with Gasteiger partial charge in [0.1, 0.15) is 5.75 Å². The van der Waals surface area contributed by atoms with Crippen LogP contribution in [0.5, 0.6) is 5.75 Å². The lowest BCUT2D eigenvalue weighted by Crippen LogP contribution is -2.10. The van der Waals surface area contributed by atoms with Crippen LogP contribution in [0, 0.1) is 0 Å². The van der Waals surface area contributed by atoms with Crippen molar-refractivity contribution in [3.63, 3.8) is 0 Å². The van der Waals surface area contributed by atoms with Crippen LogP contribution in [0.3, 0.4) is 0 Å². The second-order valence-corrected chi connectivity index (χ2v) is 10.2. The predicted molar refractivity (Wildman–Crippen MR) is 147 cm³/mol. The van der Waals surface area contributed by atoms with Crippen LogP contribution in [0.25, 0.3) is 0 Å². The molecule has 0 atom stereocenters. The summed E-state index contributed by atoms with van der Waals surface area (Å²) in [5.41, 5.74) is 14.6. The highest BCUT2D eigenvalue weighted by Crippen LogP contribution is 2.23. The monoisotopic (exact) mass is 454 g/mol. The number of ether oxygens (including phenoxy) is 1. The lowest BCUT2D eigenvalue weighted by molar-refractivity contribution is 0.306. The van der Waals surface area contributed by atoms with Gasteiger partial charge in [-0.25, -0.2) is 0 Å². The number of hydrogen-bond donors (Lipinski definition) is 2. The van der Waals surface area contributed by atoms with Crippen molar-refractivity contribution in [2.45, 2.75) is 110 Å². The molecule has 0 aliphatic carbocycles. The third kappa shape index (κ3) is 14.6. The fourth-order valence-electron chi connectivity index (χ4n) is 3.74. The van der Waals surface area contributed by atoms with Crippen LogP contribution in [-0.2, 0) is 5.41 Å². The number of hydrogen-bond acceptors (Lipinski definition) is 3. The maximum Gasteiger partial charge on any atom is 0.142 e. The summed E-state index contributed by atoms with van der Waals surface area (Å²) in [5, 5.41) is 0. The summed E-state index contributed by atoms with van der Waals surface area (Å²) in [6.45, 7) is 9.61. The molecule has 0 unspecified atom stereocenters. The molecule has 0 aliphatic heterocycles. The molecule has 0 heterocycles. The first-order valence-corrected chi connectivity index (χ1v) is 13.2. The second-order valence-electron chi connectivity index (χ2n) is 10.2. The molecular weight excluding hydrogens is 404 g/mol. The molecule has 0 saturated carbocycles. The van der Waals surface area contributed by atoms with Gasteiger partial charge in [-0.05, 0) is 41.7 Å². The molecule has 0 fully saturated rings. The maximum absolute atomic E-state index is 5.84. The molecule has 0 aliphatic rings. The van der Waals surface area contributed by atoms with E-state index in [1.54, 1.807) is 0 Å². The Balaban J connectivity index is 0.000000412. The summed E-state index contributed by atoms with van der Waals surface area (Å²) in [6.07, 6.45) is 16.4. The summed E-state index contributed by atoms with van der Waals surface area (Å²) in [4.78, 5) is 0. The Morgan fingerprint density at radius 1 is 0.667 bits per heavy atom.